The third-order valence-corrected chi connectivity index (χ3v) is 10.8. The number of methoxy groups -OCH3 is 1. The predicted molar refractivity (Wildman–Crippen MR) is 166 cm³/mol. The maximum atomic E-state index is 13.7. The highest BCUT2D eigenvalue weighted by Crippen LogP contribution is 2.43. The van der Waals surface area contributed by atoms with Crippen LogP contribution in [-0.4, -0.2) is 56.7 Å². The minimum Gasteiger partial charge on any atom is -0.494 e. The molecule has 0 spiro atoms. The number of carbonyl (C=O) groups excluding carboxylic acids is 1. The van der Waals surface area contributed by atoms with Gasteiger partial charge in [-0.15, -0.1) is 0 Å². The van der Waals surface area contributed by atoms with E-state index in [2.05, 4.69) is 40.4 Å². The van der Waals surface area contributed by atoms with Crippen LogP contribution in [0.4, 0.5) is 0 Å². The van der Waals surface area contributed by atoms with Crippen LogP contribution >= 0.6 is 0 Å². The van der Waals surface area contributed by atoms with Crippen LogP contribution in [0.25, 0.3) is 33.5 Å². The van der Waals surface area contributed by atoms with E-state index >= 15 is 0 Å². The van der Waals surface area contributed by atoms with E-state index < -0.39 is 0 Å². The SMILES string of the molecule is COc1cc(C(=O)N2C[C@H]3CC[C@@H]2[C@@H]3N)cc2nc(-c3cc4cccc(C5CCC(N)CC5)c4n3CC3CC3)n(C)c12. The van der Waals surface area contributed by atoms with Crippen molar-refractivity contribution in [2.45, 2.75) is 82.0 Å². The summed E-state index contributed by atoms with van der Waals surface area (Å²) in [6.45, 7) is 1.75. The summed E-state index contributed by atoms with van der Waals surface area (Å²) in [6, 6.07) is 13.5. The molecule has 0 radical (unpaired) electrons. The molecule has 4 fully saturated rings. The van der Waals surface area contributed by atoms with Gasteiger partial charge in [-0.05, 0) is 92.9 Å². The molecular formula is C34H42N6O2. The molecular weight excluding hydrogens is 524 g/mol. The minimum atomic E-state index is 0.0322. The number of hydrogen-bond acceptors (Lipinski definition) is 5. The van der Waals surface area contributed by atoms with Crippen molar-refractivity contribution in [1.82, 2.24) is 19.0 Å². The smallest absolute Gasteiger partial charge is 0.254 e. The van der Waals surface area contributed by atoms with E-state index in [9.17, 15) is 4.79 Å². The van der Waals surface area contributed by atoms with Gasteiger partial charge in [-0.2, -0.15) is 0 Å². The highest BCUT2D eigenvalue weighted by atomic mass is 16.5. The molecule has 1 aliphatic heterocycles. The maximum Gasteiger partial charge on any atom is 0.254 e. The fourth-order valence-corrected chi connectivity index (χ4v) is 8.31. The fraction of sp³-hybridized carbons (Fsp3) is 0.529. The van der Waals surface area contributed by atoms with Gasteiger partial charge in [0.1, 0.15) is 11.3 Å². The molecule has 3 saturated carbocycles. The number of likely N-dealkylation sites (tertiary alicyclic amines) is 1. The zero-order valence-electron chi connectivity index (χ0n) is 24.8. The van der Waals surface area contributed by atoms with Crippen LogP contribution in [0, 0.1) is 11.8 Å². The van der Waals surface area contributed by atoms with Crippen LogP contribution in [0.1, 0.15) is 73.2 Å². The van der Waals surface area contributed by atoms with E-state index in [1.165, 1.54) is 29.3 Å². The molecule has 3 atom stereocenters. The second-order valence-electron chi connectivity index (χ2n) is 13.5. The Labute approximate surface area is 247 Å². The van der Waals surface area contributed by atoms with Crippen molar-refractivity contribution < 1.29 is 9.53 Å². The minimum absolute atomic E-state index is 0.0322. The molecule has 4 N–H and O–H groups in total. The van der Waals surface area contributed by atoms with Crippen LogP contribution in [0.15, 0.2) is 36.4 Å². The topological polar surface area (TPSA) is 104 Å². The summed E-state index contributed by atoms with van der Waals surface area (Å²) in [7, 11) is 3.74. The molecule has 42 heavy (non-hydrogen) atoms. The molecule has 4 aliphatic rings. The number of fused-ring (bicyclic) bond motifs is 4. The summed E-state index contributed by atoms with van der Waals surface area (Å²) < 4.78 is 10.6. The van der Waals surface area contributed by atoms with Crippen molar-refractivity contribution in [3.63, 3.8) is 0 Å². The molecule has 8 heteroatoms. The van der Waals surface area contributed by atoms with Crippen LogP contribution in [0.2, 0.25) is 0 Å². The van der Waals surface area contributed by atoms with E-state index in [1.807, 2.05) is 17.0 Å². The number of imidazole rings is 1. The van der Waals surface area contributed by atoms with Crippen LogP contribution < -0.4 is 16.2 Å². The molecule has 1 saturated heterocycles. The summed E-state index contributed by atoms with van der Waals surface area (Å²) in [5, 5.41) is 1.27. The van der Waals surface area contributed by atoms with E-state index in [4.69, 9.17) is 21.2 Å². The Morgan fingerprint density at radius 1 is 1.00 bits per heavy atom. The highest BCUT2D eigenvalue weighted by Gasteiger charge is 2.47. The Kier molecular flexibility index (Phi) is 6.16. The largest absolute Gasteiger partial charge is 0.494 e. The van der Waals surface area contributed by atoms with Crippen LogP contribution in [-0.2, 0) is 13.6 Å². The molecule has 2 bridgehead atoms. The van der Waals surface area contributed by atoms with Crippen molar-refractivity contribution in [1.29, 1.82) is 0 Å². The molecule has 2 aromatic carbocycles. The molecule has 2 aromatic heterocycles. The Balaban J connectivity index is 1.24. The van der Waals surface area contributed by atoms with E-state index in [-0.39, 0.29) is 18.0 Å². The standard InChI is InChI=1S/C34H42N6O2/c1-38-32-26(14-23(16-29(32)42-2)34(41)40-18-22-10-13-27(40)30(22)36)37-33(38)28-15-21-4-3-5-25(20-8-11-24(35)12-9-20)31(21)39(28)17-19-6-7-19/h3-5,14-16,19-20,22,24,27,30H,6-13,17-18,35-36H2,1-2H3/t20?,22-,24?,27-,30-/m1/s1. The van der Waals surface area contributed by atoms with Gasteiger partial charge in [-0.3, -0.25) is 4.79 Å². The normalized spacial score (nSPS) is 27.4. The van der Waals surface area contributed by atoms with Gasteiger partial charge < -0.3 is 30.2 Å². The number of aromatic nitrogens is 3. The number of amides is 1. The number of aryl methyl sites for hydroxylation is 1. The molecule has 1 amide bonds. The van der Waals surface area contributed by atoms with Gasteiger partial charge in [-0.25, -0.2) is 4.98 Å². The van der Waals surface area contributed by atoms with Gasteiger partial charge in [0.15, 0.2) is 5.82 Å². The molecule has 4 aromatic rings. The molecule has 0 unspecified atom stereocenters. The summed E-state index contributed by atoms with van der Waals surface area (Å²) in [5.41, 5.74) is 19.0. The second-order valence-corrected chi connectivity index (χ2v) is 13.5. The first kappa shape index (κ1) is 26.3. The Morgan fingerprint density at radius 3 is 2.50 bits per heavy atom. The average molecular weight is 567 g/mol. The molecule has 8 rings (SSSR count). The molecule has 8 nitrogen and oxygen atoms in total. The van der Waals surface area contributed by atoms with Crippen molar-refractivity contribution >= 4 is 27.8 Å². The monoisotopic (exact) mass is 566 g/mol. The summed E-state index contributed by atoms with van der Waals surface area (Å²) in [5.74, 6) is 3.28. The zero-order chi connectivity index (χ0) is 28.7. The lowest BCUT2D eigenvalue weighted by molar-refractivity contribution is 0.0700. The number of piperidine rings is 1. The molecule has 3 heterocycles. The van der Waals surface area contributed by atoms with E-state index in [0.717, 1.165) is 74.2 Å². The number of nitrogens with zero attached hydrogens (tertiary/aromatic N) is 4. The van der Waals surface area contributed by atoms with Gasteiger partial charge >= 0.3 is 0 Å². The number of ether oxygens (including phenoxy) is 1. The summed E-state index contributed by atoms with van der Waals surface area (Å²) >= 11 is 0. The van der Waals surface area contributed by atoms with Gasteiger partial charge in [0, 0.05) is 49.2 Å². The van der Waals surface area contributed by atoms with E-state index in [1.54, 1.807) is 7.11 Å². The van der Waals surface area contributed by atoms with Crippen molar-refractivity contribution in [2.24, 2.45) is 30.4 Å². The Hall–Kier alpha value is -3.36. The predicted octanol–water partition coefficient (Wildman–Crippen LogP) is 5.16. The first-order valence-corrected chi connectivity index (χ1v) is 15.9. The lowest BCUT2D eigenvalue weighted by Crippen LogP contribution is -2.41. The van der Waals surface area contributed by atoms with E-state index in [0.29, 0.717) is 35.1 Å². The highest BCUT2D eigenvalue weighted by molar-refractivity contribution is 6.00. The number of rotatable bonds is 6. The maximum absolute atomic E-state index is 13.7. The number of carbonyl (C=O) groups is 1. The lowest BCUT2D eigenvalue weighted by Gasteiger charge is -2.27. The van der Waals surface area contributed by atoms with Gasteiger partial charge in [0.25, 0.3) is 5.91 Å². The Morgan fingerprint density at radius 2 is 1.81 bits per heavy atom. The number of hydrogen-bond donors (Lipinski definition) is 2. The van der Waals surface area contributed by atoms with Crippen molar-refractivity contribution in [3.05, 3.63) is 47.5 Å². The zero-order valence-corrected chi connectivity index (χ0v) is 24.8. The van der Waals surface area contributed by atoms with Crippen molar-refractivity contribution in [2.75, 3.05) is 13.7 Å². The van der Waals surface area contributed by atoms with Gasteiger partial charge in [0.05, 0.1) is 23.8 Å². The molecule has 220 valence electrons. The first-order chi connectivity index (χ1) is 20.4. The summed E-state index contributed by atoms with van der Waals surface area (Å²) in [6.07, 6.45) is 9.15. The van der Waals surface area contributed by atoms with Gasteiger partial charge in [0.2, 0.25) is 0 Å². The quantitative estimate of drug-likeness (QED) is 0.336. The average Bonchev–Trinajstić information content (AvgIpc) is 3.39. The second kappa shape index (κ2) is 9.85. The fourth-order valence-electron chi connectivity index (χ4n) is 8.31. The number of para-hydroxylation sites is 1. The van der Waals surface area contributed by atoms with Crippen LogP contribution in [0.5, 0.6) is 5.75 Å². The van der Waals surface area contributed by atoms with Gasteiger partial charge in [-0.1, -0.05) is 18.2 Å². The number of benzene rings is 2. The first-order valence-electron chi connectivity index (χ1n) is 15.9. The van der Waals surface area contributed by atoms with Crippen molar-refractivity contribution in [3.8, 4) is 17.3 Å². The third kappa shape index (κ3) is 4.09. The lowest BCUT2D eigenvalue weighted by atomic mass is 9.81. The Bertz CT molecular complexity index is 1690. The summed E-state index contributed by atoms with van der Waals surface area (Å²) in [4.78, 5) is 20.9. The van der Waals surface area contributed by atoms with Crippen LogP contribution in [0.3, 0.4) is 0 Å². The molecule has 3 aliphatic carbocycles. The number of nitrogens with two attached hydrogens (primary N) is 2. The third-order valence-electron chi connectivity index (χ3n) is 10.8.